The Kier molecular flexibility index (Phi) is 3.83. The number of rotatable bonds is 2. The van der Waals surface area contributed by atoms with Gasteiger partial charge in [-0.05, 0) is 22.0 Å². The third kappa shape index (κ3) is 2.88. The van der Waals surface area contributed by atoms with E-state index in [4.69, 9.17) is 4.74 Å². The molecule has 0 aliphatic carbocycles. The molecule has 0 atom stereocenters. The highest BCUT2D eigenvalue weighted by molar-refractivity contribution is 9.10. The van der Waals surface area contributed by atoms with Crippen LogP contribution in [0.15, 0.2) is 16.7 Å². The summed E-state index contributed by atoms with van der Waals surface area (Å²) in [7, 11) is 1.59. The van der Waals surface area contributed by atoms with Crippen LogP contribution >= 0.6 is 15.9 Å². The molecule has 5 nitrogen and oxygen atoms in total. The van der Waals surface area contributed by atoms with Crippen LogP contribution in [0.3, 0.4) is 0 Å². The van der Waals surface area contributed by atoms with Crippen LogP contribution in [0.1, 0.15) is 6.42 Å². The second-order valence-corrected chi connectivity index (χ2v) is 4.50. The summed E-state index contributed by atoms with van der Waals surface area (Å²) >= 11 is 3.43. The number of aromatic nitrogens is 1. The minimum Gasteiger partial charge on any atom is -0.481 e. The number of hydrogen-bond acceptors (Lipinski definition) is 4. The van der Waals surface area contributed by atoms with Gasteiger partial charge in [0.15, 0.2) is 0 Å². The van der Waals surface area contributed by atoms with Crippen LogP contribution in [-0.4, -0.2) is 37.6 Å². The first-order valence-electron chi connectivity index (χ1n) is 5.43. The normalized spacial score (nSPS) is 16.4. The average molecular weight is 300 g/mol. The number of halogens is 1. The van der Waals surface area contributed by atoms with Crippen LogP contribution < -0.4 is 15.0 Å². The second kappa shape index (κ2) is 5.35. The molecule has 0 bridgehead atoms. The first-order chi connectivity index (χ1) is 8.20. The molecular weight excluding hydrogens is 286 g/mol. The van der Waals surface area contributed by atoms with Gasteiger partial charge >= 0.3 is 0 Å². The first kappa shape index (κ1) is 12.2. The van der Waals surface area contributed by atoms with Crippen molar-refractivity contribution in [1.82, 2.24) is 10.3 Å². The Labute approximate surface area is 108 Å². The molecule has 6 heteroatoms. The number of carbonyl (C=O) groups is 1. The van der Waals surface area contributed by atoms with Gasteiger partial charge in [-0.25, -0.2) is 4.98 Å². The molecule has 1 N–H and O–H groups in total. The summed E-state index contributed by atoms with van der Waals surface area (Å²) in [5.74, 6) is 0.676. The molecule has 0 spiro atoms. The van der Waals surface area contributed by atoms with Crippen molar-refractivity contribution < 1.29 is 9.53 Å². The van der Waals surface area contributed by atoms with Crippen LogP contribution in [0, 0.1) is 0 Å². The number of nitrogens with one attached hydrogen (secondary N) is 1. The van der Waals surface area contributed by atoms with Crippen LogP contribution in [0.4, 0.5) is 5.69 Å². The summed E-state index contributed by atoms with van der Waals surface area (Å²) < 4.78 is 5.79. The van der Waals surface area contributed by atoms with Crippen molar-refractivity contribution in [2.45, 2.75) is 6.42 Å². The van der Waals surface area contributed by atoms with Gasteiger partial charge < -0.3 is 15.0 Å². The monoisotopic (exact) mass is 299 g/mol. The lowest BCUT2D eigenvalue weighted by molar-refractivity contribution is -0.120. The molecule has 1 saturated heterocycles. The third-order valence-corrected chi connectivity index (χ3v) is 3.25. The Morgan fingerprint density at radius 2 is 2.29 bits per heavy atom. The maximum Gasteiger partial charge on any atom is 0.221 e. The predicted molar refractivity (Wildman–Crippen MR) is 68.3 cm³/mol. The fraction of sp³-hybridized carbons (Fsp3) is 0.455. The molecule has 1 aliphatic rings. The second-order valence-electron chi connectivity index (χ2n) is 3.75. The van der Waals surface area contributed by atoms with E-state index in [1.807, 2.05) is 12.1 Å². The van der Waals surface area contributed by atoms with Crippen molar-refractivity contribution in [3.05, 3.63) is 16.7 Å². The van der Waals surface area contributed by atoms with Gasteiger partial charge in [-0.2, -0.15) is 0 Å². The van der Waals surface area contributed by atoms with E-state index in [0.29, 0.717) is 25.4 Å². The maximum atomic E-state index is 11.3. The highest BCUT2D eigenvalue weighted by Gasteiger charge is 2.16. The summed E-state index contributed by atoms with van der Waals surface area (Å²) in [6, 6.07) is 3.77. The Morgan fingerprint density at radius 3 is 3.00 bits per heavy atom. The number of ether oxygens (including phenoxy) is 1. The molecule has 1 fully saturated rings. The van der Waals surface area contributed by atoms with E-state index in [0.717, 1.165) is 16.8 Å². The highest BCUT2D eigenvalue weighted by atomic mass is 79.9. The molecule has 92 valence electrons. The quantitative estimate of drug-likeness (QED) is 0.833. The van der Waals surface area contributed by atoms with Gasteiger partial charge in [-0.3, -0.25) is 4.79 Å². The largest absolute Gasteiger partial charge is 0.481 e. The van der Waals surface area contributed by atoms with Crippen molar-refractivity contribution in [2.75, 3.05) is 31.6 Å². The Balaban J connectivity index is 2.18. The number of carbonyl (C=O) groups excluding carboxylic acids is 1. The van der Waals surface area contributed by atoms with Crippen molar-refractivity contribution in [3.8, 4) is 5.88 Å². The molecule has 1 aliphatic heterocycles. The predicted octanol–water partition coefficient (Wildman–Crippen LogP) is 1.18. The van der Waals surface area contributed by atoms with Crippen LogP contribution in [0.25, 0.3) is 0 Å². The lowest BCUT2D eigenvalue weighted by Crippen LogP contribution is -2.28. The van der Waals surface area contributed by atoms with E-state index in [2.05, 4.69) is 31.1 Å². The molecular formula is C11H14BrN3O2. The van der Waals surface area contributed by atoms with Gasteiger partial charge in [-0.1, -0.05) is 0 Å². The summed E-state index contributed by atoms with van der Waals surface area (Å²) in [6.45, 7) is 2.16. The minimum absolute atomic E-state index is 0.102. The number of anilines is 1. The fourth-order valence-corrected chi connectivity index (χ4v) is 2.33. The van der Waals surface area contributed by atoms with Crippen molar-refractivity contribution in [2.24, 2.45) is 0 Å². The van der Waals surface area contributed by atoms with Gasteiger partial charge in [-0.15, -0.1) is 0 Å². The molecule has 17 heavy (non-hydrogen) atoms. The fourth-order valence-electron chi connectivity index (χ4n) is 1.77. The number of nitrogens with zero attached hydrogens (tertiary/aromatic N) is 2. The summed E-state index contributed by atoms with van der Waals surface area (Å²) in [5, 5.41) is 2.85. The molecule has 1 amide bonds. The average Bonchev–Trinajstić information content (AvgIpc) is 2.54. The highest BCUT2D eigenvalue weighted by Crippen LogP contribution is 2.27. The molecule has 2 heterocycles. The van der Waals surface area contributed by atoms with Gasteiger partial charge in [0.25, 0.3) is 0 Å². The zero-order valence-electron chi connectivity index (χ0n) is 9.57. The van der Waals surface area contributed by atoms with Gasteiger partial charge in [0, 0.05) is 32.1 Å². The lowest BCUT2D eigenvalue weighted by atomic mass is 10.3. The maximum absolute atomic E-state index is 11.3. The molecule has 0 radical (unpaired) electrons. The summed E-state index contributed by atoms with van der Waals surface area (Å²) in [6.07, 6.45) is 0.512. The SMILES string of the molecule is COc1ccc(N2CCNC(=O)CC2)c(Br)n1. The number of amides is 1. The Bertz CT molecular complexity index is 425. The van der Waals surface area contributed by atoms with Crippen LogP contribution in [0.2, 0.25) is 0 Å². The third-order valence-electron chi connectivity index (χ3n) is 2.67. The van der Waals surface area contributed by atoms with Crippen molar-refractivity contribution in [3.63, 3.8) is 0 Å². The zero-order valence-corrected chi connectivity index (χ0v) is 11.2. The Morgan fingerprint density at radius 1 is 1.47 bits per heavy atom. The van der Waals surface area contributed by atoms with Gasteiger partial charge in [0.1, 0.15) is 4.60 Å². The topological polar surface area (TPSA) is 54.5 Å². The van der Waals surface area contributed by atoms with Crippen LogP contribution in [-0.2, 0) is 4.79 Å². The molecule has 0 saturated carbocycles. The minimum atomic E-state index is 0.102. The van der Waals surface area contributed by atoms with E-state index in [1.54, 1.807) is 7.11 Å². The lowest BCUT2D eigenvalue weighted by Gasteiger charge is -2.22. The van der Waals surface area contributed by atoms with E-state index in [-0.39, 0.29) is 5.91 Å². The van der Waals surface area contributed by atoms with E-state index in [9.17, 15) is 4.79 Å². The molecule has 1 aromatic rings. The van der Waals surface area contributed by atoms with E-state index >= 15 is 0 Å². The van der Waals surface area contributed by atoms with Crippen molar-refractivity contribution in [1.29, 1.82) is 0 Å². The molecule has 1 aromatic heterocycles. The molecule has 0 aromatic carbocycles. The van der Waals surface area contributed by atoms with Gasteiger partial charge in [0.2, 0.25) is 11.8 Å². The Hall–Kier alpha value is -1.30. The van der Waals surface area contributed by atoms with Crippen molar-refractivity contribution >= 4 is 27.5 Å². The van der Waals surface area contributed by atoms with E-state index < -0.39 is 0 Å². The number of hydrogen-bond donors (Lipinski definition) is 1. The summed E-state index contributed by atoms with van der Waals surface area (Å²) in [5.41, 5.74) is 0.988. The van der Waals surface area contributed by atoms with E-state index in [1.165, 1.54) is 0 Å². The smallest absolute Gasteiger partial charge is 0.221 e. The van der Waals surface area contributed by atoms with Gasteiger partial charge in [0.05, 0.1) is 12.8 Å². The number of methoxy groups -OCH3 is 1. The first-order valence-corrected chi connectivity index (χ1v) is 6.22. The van der Waals surface area contributed by atoms with Crippen LogP contribution in [0.5, 0.6) is 5.88 Å². The molecule has 2 rings (SSSR count). The summed E-state index contributed by atoms with van der Waals surface area (Å²) in [4.78, 5) is 17.7. The number of pyridine rings is 1. The molecule has 0 unspecified atom stereocenters. The standard InChI is InChI=1S/C11H14BrN3O2/c1-17-10-3-2-8(11(12)14-10)15-6-4-9(16)13-5-7-15/h2-3H,4-7H2,1H3,(H,13,16). The zero-order chi connectivity index (χ0) is 12.3.